The molecule has 0 spiro atoms. The van der Waals surface area contributed by atoms with E-state index in [1.165, 1.54) is 0 Å². The van der Waals surface area contributed by atoms with Crippen molar-refractivity contribution in [1.29, 1.82) is 0 Å². The predicted octanol–water partition coefficient (Wildman–Crippen LogP) is 3.18. The van der Waals surface area contributed by atoms with Gasteiger partial charge in [0.15, 0.2) is 0 Å². The second-order valence-corrected chi connectivity index (χ2v) is 3.33. The Morgan fingerprint density at radius 2 is 2.00 bits per heavy atom. The highest BCUT2D eigenvalue weighted by molar-refractivity contribution is 7.80. The zero-order valence-electron chi connectivity index (χ0n) is 6.16. The highest BCUT2D eigenvalue weighted by atomic mass is 35.5. The van der Waals surface area contributed by atoms with Crippen molar-refractivity contribution >= 4 is 35.1 Å². The summed E-state index contributed by atoms with van der Waals surface area (Å²) in [7, 11) is 0. The first-order valence-electron chi connectivity index (χ1n) is 3.51. The molecule has 0 aliphatic heterocycles. The van der Waals surface area contributed by atoms with Gasteiger partial charge in [0, 0.05) is 10.3 Å². The number of rotatable bonds is 0. The van der Waals surface area contributed by atoms with E-state index in [0.29, 0.717) is 5.15 Å². The molecule has 0 amide bonds. The van der Waals surface area contributed by atoms with E-state index < -0.39 is 0 Å². The van der Waals surface area contributed by atoms with Crippen molar-refractivity contribution in [3.63, 3.8) is 0 Å². The van der Waals surface area contributed by atoms with Crippen LogP contribution in [-0.4, -0.2) is 4.98 Å². The van der Waals surface area contributed by atoms with Crippen molar-refractivity contribution in [3.05, 3.63) is 35.5 Å². The predicted molar refractivity (Wildman–Crippen MR) is 54.0 cm³/mol. The van der Waals surface area contributed by atoms with Gasteiger partial charge in [-0.25, -0.2) is 4.98 Å². The third kappa shape index (κ3) is 1.28. The highest BCUT2D eigenvalue weighted by Gasteiger charge is 1.99. The van der Waals surface area contributed by atoms with Gasteiger partial charge in [-0.1, -0.05) is 29.8 Å². The topological polar surface area (TPSA) is 12.9 Å². The average Bonchev–Trinajstić information content (AvgIpc) is 2.07. The summed E-state index contributed by atoms with van der Waals surface area (Å²) < 4.78 is 0. The molecule has 0 radical (unpaired) electrons. The van der Waals surface area contributed by atoms with Crippen LogP contribution in [0.4, 0.5) is 0 Å². The van der Waals surface area contributed by atoms with Gasteiger partial charge in [-0.3, -0.25) is 0 Å². The molecule has 0 saturated carbocycles. The third-order valence-corrected chi connectivity index (χ3v) is 2.42. The lowest BCUT2D eigenvalue weighted by atomic mass is 10.2. The number of pyridine rings is 1. The van der Waals surface area contributed by atoms with Crippen molar-refractivity contribution in [3.8, 4) is 0 Å². The Labute approximate surface area is 80.8 Å². The molecule has 0 aliphatic carbocycles. The van der Waals surface area contributed by atoms with Crippen LogP contribution in [0.25, 0.3) is 10.9 Å². The Kier molecular flexibility index (Phi) is 1.95. The molecule has 3 heteroatoms. The first-order chi connectivity index (χ1) is 5.77. The van der Waals surface area contributed by atoms with E-state index in [1.807, 2.05) is 30.3 Å². The molecule has 2 rings (SSSR count). The molecule has 0 bridgehead atoms. The van der Waals surface area contributed by atoms with Crippen molar-refractivity contribution in [2.24, 2.45) is 0 Å². The minimum absolute atomic E-state index is 0.456. The van der Waals surface area contributed by atoms with E-state index in [9.17, 15) is 0 Å². The molecule has 1 aromatic carbocycles. The third-order valence-electron chi connectivity index (χ3n) is 1.66. The number of halogens is 1. The summed E-state index contributed by atoms with van der Waals surface area (Å²) in [5, 5.41) is 1.52. The molecule has 2 aromatic rings. The van der Waals surface area contributed by atoms with Crippen molar-refractivity contribution < 1.29 is 0 Å². The largest absolute Gasteiger partial charge is 0.235 e. The quantitative estimate of drug-likeness (QED) is 0.503. The Bertz CT molecular complexity index is 387. The van der Waals surface area contributed by atoms with Gasteiger partial charge in [0.2, 0.25) is 0 Å². The van der Waals surface area contributed by atoms with Gasteiger partial charge in [-0.15, -0.1) is 12.6 Å². The van der Waals surface area contributed by atoms with Crippen molar-refractivity contribution in [2.45, 2.75) is 4.90 Å². The molecule has 60 valence electrons. The first kappa shape index (κ1) is 7.90. The smallest absolute Gasteiger partial charge is 0.143 e. The fraction of sp³-hybridized carbons (Fsp3) is 0. The number of hydrogen-bond acceptors (Lipinski definition) is 2. The monoisotopic (exact) mass is 195 g/mol. The Balaban J connectivity index is 2.84. The van der Waals surface area contributed by atoms with Crippen LogP contribution in [0.15, 0.2) is 35.2 Å². The molecular weight excluding hydrogens is 190 g/mol. The lowest BCUT2D eigenvalue weighted by Crippen LogP contribution is -1.80. The fourth-order valence-corrected chi connectivity index (χ4v) is 1.42. The SMILES string of the molecule is Sc1cc2ccccc2nc1Cl. The van der Waals surface area contributed by atoms with Crippen LogP contribution in [-0.2, 0) is 0 Å². The van der Waals surface area contributed by atoms with Crippen LogP contribution in [0, 0.1) is 0 Å². The van der Waals surface area contributed by atoms with E-state index in [4.69, 9.17) is 11.6 Å². The Hall–Kier alpha value is -0.730. The van der Waals surface area contributed by atoms with Gasteiger partial charge >= 0.3 is 0 Å². The maximum Gasteiger partial charge on any atom is 0.143 e. The van der Waals surface area contributed by atoms with E-state index in [0.717, 1.165) is 15.8 Å². The summed E-state index contributed by atoms with van der Waals surface area (Å²) in [6.45, 7) is 0. The summed E-state index contributed by atoms with van der Waals surface area (Å²) in [5.41, 5.74) is 0.903. The molecule has 0 fully saturated rings. The normalized spacial score (nSPS) is 10.5. The van der Waals surface area contributed by atoms with Crippen LogP contribution in [0.2, 0.25) is 5.15 Å². The maximum absolute atomic E-state index is 5.80. The molecule has 0 aliphatic rings. The fourth-order valence-electron chi connectivity index (χ4n) is 1.08. The number of nitrogens with zero attached hydrogens (tertiary/aromatic N) is 1. The van der Waals surface area contributed by atoms with Crippen molar-refractivity contribution in [2.75, 3.05) is 0 Å². The van der Waals surface area contributed by atoms with Crippen molar-refractivity contribution in [1.82, 2.24) is 4.98 Å². The second-order valence-electron chi connectivity index (χ2n) is 2.49. The molecule has 0 saturated heterocycles. The van der Waals surface area contributed by atoms with E-state index >= 15 is 0 Å². The number of thiol groups is 1. The van der Waals surface area contributed by atoms with E-state index in [-0.39, 0.29) is 0 Å². The summed E-state index contributed by atoms with van der Waals surface area (Å²) in [6.07, 6.45) is 0. The van der Waals surface area contributed by atoms with Crippen LogP contribution >= 0.6 is 24.2 Å². The average molecular weight is 196 g/mol. The molecule has 1 heterocycles. The van der Waals surface area contributed by atoms with Gasteiger partial charge in [-0.2, -0.15) is 0 Å². The molecule has 1 aromatic heterocycles. The van der Waals surface area contributed by atoms with Crippen LogP contribution in [0.3, 0.4) is 0 Å². The lowest BCUT2D eigenvalue weighted by molar-refractivity contribution is 1.31. The first-order valence-corrected chi connectivity index (χ1v) is 4.34. The number of fused-ring (bicyclic) bond motifs is 1. The minimum atomic E-state index is 0.456. The molecule has 0 N–H and O–H groups in total. The Morgan fingerprint density at radius 1 is 1.25 bits per heavy atom. The van der Waals surface area contributed by atoms with Crippen LogP contribution in [0.1, 0.15) is 0 Å². The number of benzene rings is 1. The summed E-state index contributed by atoms with van der Waals surface area (Å²) >= 11 is 9.98. The van der Waals surface area contributed by atoms with Crippen LogP contribution < -0.4 is 0 Å². The molecule has 0 atom stereocenters. The summed E-state index contributed by atoms with van der Waals surface area (Å²) in [6, 6.07) is 9.72. The summed E-state index contributed by atoms with van der Waals surface area (Å²) in [5.74, 6) is 0. The van der Waals surface area contributed by atoms with Gasteiger partial charge in [0.05, 0.1) is 5.52 Å². The van der Waals surface area contributed by atoms with E-state index in [2.05, 4.69) is 17.6 Å². The minimum Gasteiger partial charge on any atom is -0.235 e. The lowest BCUT2D eigenvalue weighted by Gasteiger charge is -1.99. The van der Waals surface area contributed by atoms with Gasteiger partial charge in [0.25, 0.3) is 0 Å². The molecule has 12 heavy (non-hydrogen) atoms. The zero-order valence-corrected chi connectivity index (χ0v) is 7.81. The molecule has 0 unspecified atom stereocenters. The Morgan fingerprint density at radius 3 is 2.83 bits per heavy atom. The zero-order chi connectivity index (χ0) is 8.55. The van der Waals surface area contributed by atoms with E-state index in [1.54, 1.807) is 0 Å². The number of hydrogen-bond donors (Lipinski definition) is 1. The highest BCUT2D eigenvalue weighted by Crippen LogP contribution is 2.22. The standard InChI is InChI=1S/C9H6ClNS/c10-9-8(12)5-6-3-1-2-4-7(6)11-9/h1-5,12H. The van der Waals surface area contributed by atoms with Crippen LogP contribution in [0.5, 0.6) is 0 Å². The van der Waals surface area contributed by atoms with Gasteiger partial charge in [-0.05, 0) is 12.1 Å². The summed E-state index contributed by atoms with van der Waals surface area (Å²) in [4.78, 5) is 4.88. The number of para-hydroxylation sites is 1. The maximum atomic E-state index is 5.80. The number of aromatic nitrogens is 1. The molecule has 1 nitrogen and oxygen atoms in total. The second kappa shape index (κ2) is 2.96. The van der Waals surface area contributed by atoms with Gasteiger partial charge < -0.3 is 0 Å². The molecular formula is C9H6ClNS. The van der Waals surface area contributed by atoms with Gasteiger partial charge in [0.1, 0.15) is 5.15 Å².